The Bertz CT molecular complexity index is 656. The average Bonchev–Trinajstić information content (AvgIpc) is 2.76. The third-order valence-electron chi connectivity index (χ3n) is 6.14. The molecule has 166 valence electrons. The number of amides is 2. The second-order valence-electron chi connectivity index (χ2n) is 8.68. The van der Waals surface area contributed by atoms with Crippen LogP contribution in [-0.4, -0.2) is 48.9 Å². The Kier molecular flexibility index (Phi) is 9.48. The molecular weight excluding hydrogens is 376 g/mol. The monoisotopic (exact) mass is 414 g/mol. The van der Waals surface area contributed by atoms with Crippen molar-refractivity contribution in [2.75, 3.05) is 36.8 Å². The lowest BCUT2D eigenvalue weighted by Crippen LogP contribution is -2.47. The van der Waals surface area contributed by atoms with E-state index in [1.54, 1.807) is 0 Å². The van der Waals surface area contributed by atoms with Gasteiger partial charge in [-0.1, -0.05) is 32.1 Å². The molecule has 3 rings (SSSR count). The number of benzene rings is 1. The van der Waals surface area contributed by atoms with Gasteiger partial charge in [0.05, 0.1) is 0 Å². The molecule has 1 aromatic carbocycles. The molecule has 3 N–H and O–H groups in total. The molecule has 6 nitrogen and oxygen atoms in total. The van der Waals surface area contributed by atoms with E-state index in [4.69, 9.17) is 0 Å². The van der Waals surface area contributed by atoms with Gasteiger partial charge in [-0.3, -0.25) is 14.9 Å². The van der Waals surface area contributed by atoms with E-state index in [2.05, 4.69) is 20.9 Å². The molecule has 0 aromatic heterocycles. The van der Waals surface area contributed by atoms with E-state index in [-0.39, 0.29) is 17.9 Å². The third-order valence-corrected chi connectivity index (χ3v) is 6.14. The van der Waals surface area contributed by atoms with Gasteiger partial charge in [-0.25, -0.2) is 0 Å². The van der Waals surface area contributed by atoms with Gasteiger partial charge in [0.15, 0.2) is 0 Å². The highest BCUT2D eigenvalue weighted by atomic mass is 16.2. The summed E-state index contributed by atoms with van der Waals surface area (Å²) in [4.78, 5) is 25.7. The molecule has 0 saturated carbocycles. The first-order valence-electron chi connectivity index (χ1n) is 11.9. The first kappa shape index (κ1) is 22.6. The number of hydrogen-bond acceptors (Lipinski definition) is 5. The average molecular weight is 415 g/mol. The van der Waals surface area contributed by atoms with Crippen molar-refractivity contribution in [3.05, 3.63) is 24.3 Å². The second-order valence-corrected chi connectivity index (χ2v) is 8.68. The summed E-state index contributed by atoms with van der Waals surface area (Å²) in [6, 6.07) is 7.70. The minimum atomic E-state index is -0.332. The van der Waals surface area contributed by atoms with E-state index in [1.165, 1.54) is 77.4 Å². The minimum Gasteiger partial charge on any atom is -0.385 e. The first-order chi connectivity index (χ1) is 14.7. The highest BCUT2D eigenvalue weighted by Gasteiger charge is 2.26. The van der Waals surface area contributed by atoms with Crippen molar-refractivity contribution in [1.29, 1.82) is 0 Å². The number of imide groups is 1. The number of rotatable bonds is 12. The van der Waals surface area contributed by atoms with Gasteiger partial charge < -0.3 is 15.5 Å². The zero-order chi connectivity index (χ0) is 21.0. The molecule has 2 amide bonds. The van der Waals surface area contributed by atoms with Crippen LogP contribution in [0.25, 0.3) is 0 Å². The Morgan fingerprint density at radius 3 is 2.27 bits per heavy atom. The van der Waals surface area contributed by atoms with E-state index in [0.29, 0.717) is 12.8 Å². The number of carbonyl (C=O) groups is 2. The Balaban J connectivity index is 1.20. The van der Waals surface area contributed by atoms with Crippen LogP contribution in [0.4, 0.5) is 11.4 Å². The number of piperidine rings is 2. The fourth-order valence-corrected chi connectivity index (χ4v) is 4.30. The lowest BCUT2D eigenvalue weighted by molar-refractivity contribution is -0.133. The summed E-state index contributed by atoms with van der Waals surface area (Å²) in [7, 11) is 0. The number of hydrogen-bond donors (Lipinski definition) is 3. The van der Waals surface area contributed by atoms with E-state index >= 15 is 0 Å². The van der Waals surface area contributed by atoms with Crippen LogP contribution in [0.3, 0.4) is 0 Å². The Morgan fingerprint density at radius 2 is 1.53 bits per heavy atom. The van der Waals surface area contributed by atoms with Crippen LogP contribution in [0.1, 0.15) is 70.6 Å². The number of likely N-dealkylation sites (tertiary alicyclic amines) is 1. The predicted octanol–water partition coefficient (Wildman–Crippen LogP) is 4.14. The van der Waals surface area contributed by atoms with Gasteiger partial charge >= 0.3 is 0 Å². The first-order valence-corrected chi connectivity index (χ1v) is 11.9. The molecule has 0 aliphatic carbocycles. The van der Waals surface area contributed by atoms with Crippen LogP contribution in [-0.2, 0) is 9.59 Å². The van der Waals surface area contributed by atoms with Crippen molar-refractivity contribution in [3.8, 4) is 0 Å². The van der Waals surface area contributed by atoms with Crippen molar-refractivity contribution < 1.29 is 9.59 Å². The molecule has 2 heterocycles. The van der Waals surface area contributed by atoms with Crippen LogP contribution < -0.4 is 16.0 Å². The summed E-state index contributed by atoms with van der Waals surface area (Å²) < 4.78 is 0. The maximum atomic E-state index is 11.8. The Hall–Kier alpha value is -2.08. The summed E-state index contributed by atoms with van der Waals surface area (Å²) in [6.45, 7) is 4.93. The quantitative estimate of drug-likeness (QED) is 0.354. The molecule has 2 fully saturated rings. The van der Waals surface area contributed by atoms with Gasteiger partial charge in [0, 0.05) is 24.3 Å². The number of anilines is 2. The molecule has 1 aromatic rings. The lowest BCUT2D eigenvalue weighted by atomic mass is 10.1. The van der Waals surface area contributed by atoms with Crippen LogP contribution >= 0.6 is 0 Å². The van der Waals surface area contributed by atoms with Crippen LogP contribution in [0.15, 0.2) is 24.3 Å². The molecule has 2 aliphatic heterocycles. The summed E-state index contributed by atoms with van der Waals surface area (Å²) >= 11 is 0. The summed E-state index contributed by atoms with van der Waals surface area (Å²) in [5, 5.41) is 9.06. The Labute approximate surface area is 181 Å². The van der Waals surface area contributed by atoms with E-state index in [9.17, 15) is 9.59 Å². The van der Waals surface area contributed by atoms with Crippen molar-refractivity contribution in [1.82, 2.24) is 10.2 Å². The zero-order valence-electron chi connectivity index (χ0n) is 18.3. The Morgan fingerprint density at radius 1 is 0.867 bits per heavy atom. The molecule has 2 aliphatic rings. The number of carbonyl (C=O) groups excluding carboxylic acids is 2. The number of nitrogens with one attached hydrogen (secondary N) is 3. The molecule has 1 unspecified atom stereocenters. The fraction of sp³-hybridized carbons (Fsp3) is 0.667. The van der Waals surface area contributed by atoms with Crippen molar-refractivity contribution >= 4 is 23.2 Å². The molecule has 6 heteroatoms. The lowest BCUT2D eigenvalue weighted by Gasteiger charge is -2.26. The van der Waals surface area contributed by atoms with Crippen LogP contribution in [0.5, 0.6) is 0 Å². The van der Waals surface area contributed by atoms with E-state index in [1.807, 2.05) is 24.3 Å². The van der Waals surface area contributed by atoms with Gasteiger partial charge in [0.1, 0.15) is 6.04 Å². The van der Waals surface area contributed by atoms with Crippen molar-refractivity contribution in [3.63, 3.8) is 0 Å². The number of nitrogens with zero attached hydrogens (tertiary/aromatic N) is 1. The maximum absolute atomic E-state index is 11.8. The van der Waals surface area contributed by atoms with Gasteiger partial charge in [-0.2, -0.15) is 0 Å². The maximum Gasteiger partial charge on any atom is 0.249 e. The molecule has 0 bridgehead atoms. The van der Waals surface area contributed by atoms with Gasteiger partial charge in [-0.05, 0) is 76.0 Å². The third kappa shape index (κ3) is 7.98. The van der Waals surface area contributed by atoms with Crippen LogP contribution in [0, 0.1) is 0 Å². The van der Waals surface area contributed by atoms with Crippen molar-refractivity contribution in [2.45, 2.75) is 76.7 Å². The van der Waals surface area contributed by atoms with Crippen LogP contribution in [0.2, 0.25) is 0 Å². The van der Waals surface area contributed by atoms with Gasteiger partial charge in [-0.15, -0.1) is 0 Å². The fourth-order valence-electron chi connectivity index (χ4n) is 4.30. The summed E-state index contributed by atoms with van der Waals surface area (Å²) in [5.41, 5.74) is 2.00. The molecule has 30 heavy (non-hydrogen) atoms. The summed E-state index contributed by atoms with van der Waals surface area (Å²) in [5.74, 6) is -0.421. The van der Waals surface area contributed by atoms with Crippen molar-refractivity contribution in [2.24, 2.45) is 0 Å². The molecular formula is C24H38N4O2. The van der Waals surface area contributed by atoms with E-state index in [0.717, 1.165) is 17.9 Å². The molecule has 0 spiro atoms. The van der Waals surface area contributed by atoms with Gasteiger partial charge in [0.25, 0.3) is 0 Å². The number of unbranched alkanes of at least 4 members (excludes halogenated alkanes) is 5. The standard InChI is InChI=1S/C24H38N4O2/c29-23-15-14-22(24(30)27-23)26-21-12-10-20(11-13-21)25-16-6-3-1-2-4-7-17-28-18-8-5-9-19-28/h10-13,22,25-26H,1-9,14-19H2,(H,27,29,30). The zero-order valence-corrected chi connectivity index (χ0v) is 18.3. The molecule has 1 atom stereocenters. The smallest absolute Gasteiger partial charge is 0.249 e. The highest BCUT2D eigenvalue weighted by molar-refractivity contribution is 6.01. The topological polar surface area (TPSA) is 73.5 Å². The predicted molar refractivity (Wildman–Crippen MR) is 123 cm³/mol. The highest BCUT2D eigenvalue weighted by Crippen LogP contribution is 2.17. The second kappa shape index (κ2) is 12.6. The van der Waals surface area contributed by atoms with Gasteiger partial charge in [0.2, 0.25) is 11.8 Å². The normalized spacial score (nSPS) is 20.1. The van der Waals surface area contributed by atoms with E-state index < -0.39 is 0 Å². The largest absolute Gasteiger partial charge is 0.385 e. The minimum absolute atomic E-state index is 0.185. The summed E-state index contributed by atoms with van der Waals surface area (Å²) in [6.07, 6.45) is 13.0. The molecule has 2 saturated heterocycles. The SMILES string of the molecule is O=C1CCC(Nc2ccc(NCCCCCCCCN3CCCCC3)cc2)C(=O)N1. The molecule has 0 radical (unpaired) electrons.